The zero-order valence-corrected chi connectivity index (χ0v) is 8.97. The van der Waals surface area contributed by atoms with Crippen LogP contribution in [-0.4, -0.2) is 64.0 Å². The molecular weight excluding hydrogens is 276 g/mol. The van der Waals surface area contributed by atoms with Crippen LogP contribution in [0.25, 0.3) is 0 Å². The molecule has 0 rings (SSSR count). The van der Waals surface area contributed by atoms with E-state index in [2.05, 4.69) is 18.9 Å². The van der Waals surface area contributed by atoms with E-state index in [0.29, 0.717) is 0 Å². The molecular formula is C7H8O12. The molecule has 0 radical (unpaired) electrons. The minimum absolute atomic E-state index is 1.26. The lowest BCUT2D eigenvalue weighted by atomic mass is 10.3. The summed E-state index contributed by atoms with van der Waals surface area (Å²) in [6, 6.07) is 0. The average molecular weight is 284 g/mol. The van der Waals surface area contributed by atoms with Gasteiger partial charge in [-0.1, -0.05) is 0 Å². The van der Waals surface area contributed by atoms with E-state index in [9.17, 15) is 19.2 Å². The fourth-order valence-corrected chi connectivity index (χ4v) is 0.842. The van der Waals surface area contributed by atoms with Crippen molar-refractivity contribution in [2.75, 3.05) is 13.2 Å². The highest BCUT2D eigenvalue weighted by molar-refractivity contribution is 5.61. The molecule has 0 aliphatic rings. The summed E-state index contributed by atoms with van der Waals surface area (Å²) in [4.78, 5) is 41.1. The Morgan fingerprint density at radius 3 is 1.21 bits per heavy atom. The van der Waals surface area contributed by atoms with Gasteiger partial charge in [0.2, 0.25) is 0 Å². The second-order valence-electron chi connectivity index (χ2n) is 2.76. The summed E-state index contributed by atoms with van der Waals surface area (Å²) in [6.45, 7) is -2.51. The Morgan fingerprint density at radius 2 is 1.00 bits per heavy atom. The molecule has 0 bridgehead atoms. The average Bonchev–Trinajstić information content (AvgIpc) is 2.22. The third kappa shape index (κ3) is 7.09. The van der Waals surface area contributed by atoms with Gasteiger partial charge < -0.3 is 39.4 Å². The lowest BCUT2D eigenvalue weighted by Crippen LogP contribution is -2.48. The van der Waals surface area contributed by atoms with E-state index < -0.39 is 43.6 Å². The summed E-state index contributed by atoms with van der Waals surface area (Å²) >= 11 is 0. The van der Waals surface area contributed by atoms with Crippen molar-refractivity contribution in [3.8, 4) is 0 Å². The molecule has 0 heterocycles. The van der Waals surface area contributed by atoms with Crippen molar-refractivity contribution in [2.45, 2.75) is 5.79 Å². The van der Waals surface area contributed by atoms with E-state index in [1.54, 1.807) is 0 Å². The number of carbonyl (C=O) groups is 4. The summed E-state index contributed by atoms with van der Waals surface area (Å²) in [5.74, 6) is -2.80. The summed E-state index contributed by atoms with van der Waals surface area (Å²) in [5.41, 5.74) is 0. The van der Waals surface area contributed by atoms with Crippen LogP contribution in [0, 0.1) is 0 Å². The quantitative estimate of drug-likeness (QED) is 0.300. The smallest absolute Gasteiger partial charge is 0.450 e. The Hall–Kier alpha value is -2.92. The molecule has 12 nitrogen and oxygen atoms in total. The SMILES string of the molecule is O=C(O)OCC(COC(=O)O)(OC(=O)O)OC(=O)O. The summed E-state index contributed by atoms with van der Waals surface area (Å²) in [7, 11) is 0. The van der Waals surface area contributed by atoms with E-state index in [1.165, 1.54) is 0 Å². The molecule has 0 spiro atoms. The number of hydrogen-bond donors (Lipinski definition) is 4. The van der Waals surface area contributed by atoms with Gasteiger partial charge in [0.15, 0.2) is 13.2 Å². The lowest BCUT2D eigenvalue weighted by molar-refractivity contribution is -0.224. The van der Waals surface area contributed by atoms with Crippen LogP contribution in [0.1, 0.15) is 0 Å². The maximum Gasteiger partial charge on any atom is 0.509 e. The first-order valence-electron chi connectivity index (χ1n) is 4.22. The highest BCUT2D eigenvalue weighted by atomic mass is 16.8. The molecule has 0 atom stereocenters. The third-order valence-corrected chi connectivity index (χ3v) is 1.38. The Morgan fingerprint density at radius 1 is 0.684 bits per heavy atom. The van der Waals surface area contributed by atoms with Gasteiger partial charge in [0.1, 0.15) is 0 Å². The second kappa shape index (κ2) is 6.73. The number of hydrogen-bond acceptors (Lipinski definition) is 8. The molecule has 4 N–H and O–H groups in total. The Bertz CT molecular complexity index is 336. The highest BCUT2D eigenvalue weighted by Crippen LogP contribution is 2.16. The van der Waals surface area contributed by atoms with Gasteiger partial charge in [0.25, 0.3) is 0 Å². The summed E-state index contributed by atoms with van der Waals surface area (Å²) < 4.78 is 15.8. The topological polar surface area (TPSA) is 186 Å². The number of carboxylic acid groups (broad SMARTS) is 4. The van der Waals surface area contributed by atoms with Crippen molar-refractivity contribution in [1.82, 2.24) is 0 Å². The first-order chi connectivity index (χ1) is 8.67. The van der Waals surface area contributed by atoms with Crippen LogP contribution in [0.5, 0.6) is 0 Å². The third-order valence-electron chi connectivity index (χ3n) is 1.38. The van der Waals surface area contributed by atoms with Crippen LogP contribution >= 0.6 is 0 Å². The molecule has 19 heavy (non-hydrogen) atoms. The van der Waals surface area contributed by atoms with Gasteiger partial charge in [0, 0.05) is 0 Å². The fourth-order valence-electron chi connectivity index (χ4n) is 0.842. The van der Waals surface area contributed by atoms with Crippen LogP contribution in [0.4, 0.5) is 19.2 Å². The van der Waals surface area contributed by atoms with Crippen molar-refractivity contribution < 1.29 is 58.6 Å². The standard InChI is InChI=1S/C7H8O12/c8-3(9)16-1-7(18-5(12)13,19-6(14)15)2-17-4(10)11/h1-2H2,(H,8,9)(H,10,11)(H,12,13)(H,14,15). The van der Waals surface area contributed by atoms with Gasteiger partial charge in [-0.15, -0.1) is 0 Å². The largest absolute Gasteiger partial charge is 0.509 e. The van der Waals surface area contributed by atoms with Gasteiger partial charge in [-0.05, 0) is 0 Å². The first kappa shape index (κ1) is 16.1. The molecule has 0 aliphatic carbocycles. The first-order valence-corrected chi connectivity index (χ1v) is 4.22. The van der Waals surface area contributed by atoms with E-state index in [4.69, 9.17) is 20.4 Å². The monoisotopic (exact) mass is 284 g/mol. The molecule has 0 saturated carbocycles. The van der Waals surface area contributed by atoms with Gasteiger partial charge in [-0.3, -0.25) is 0 Å². The minimum atomic E-state index is -2.80. The van der Waals surface area contributed by atoms with Crippen molar-refractivity contribution in [2.24, 2.45) is 0 Å². The van der Waals surface area contributed by atoms with Crippen molar-refractivity contribution >= 4 is 24.6 Å². The molecule has 0 aromatic carbocycles. The van der Waals surface area contributed by atoms with E-state index in [1.807, 2.05) is 0 Å². The second-order valence-corrected chi connectivity index (χ2v) is 2.76. The highest BCUT2D eigenvalue weighted by Gasteiger charge is 2.43. The molecule has 0 aliphatic heterocycles. The Labute approximate surface area is 103 Å². The van der Waals surface area contributed by atoms with Gasteiger partial charge in [-0.2, -0.15) is 0 Å². The molecule has 0 fully saturated rings. The predicted molar refractivity (Wildman–Crippen MR) is 48.9 cm³/mol. The Kier molecular flexibility index (Phi) is 5.69. The molecule has 0 aromatic heterocycles. The van der Waals surface area contributed by atoms with Gasteiger partial charge in [-0.25, -0.2) is 19.2 Å². The zero-order chi connectivity index (χ0) is 15.1. The van der Waals surface area contributed by atoms with Gasteiger partial charge in [0.05, 0.1) is 0 Å². The maximum absolute atomic E-state index is 10.4. The molecule has 0 aromatic rings. The van der Waals surface area contributed by atoms with Crippen molar-refractivity contribution in [3.63, 3.8) is 0 Å². The normalized spacial score (nSPS) is 10.1. The van der Waals surface area contributed by atoms with Crippen LogP contribution < -0.4 is 0 Å². The van der Waals surface area contributed by atoms with Gasteiger partial charge >= 0.3 is 30.4 Å². The van der Waals surface area contributed by atoms with E-state index >= 15 is 0 Å². The van der Waals surface area contributed by atoms with E-state index in [0.717, 1.165) is 0 Å². The minimum Gasteiger partial charge on any atom is -0.450 e. The summed E-state index contributed by atoms with van der Waals surface area (Å²) in [5, 5.41) is 33.3. The molecule has 12 heteroatoms. The number of ether oxygens (including phenoxy) is 4. The van der Waals surface area contributed by atoms with Crippen molar-refractivity contribution in [1.29, 1.82) is 0 Å². The van der Waals surface area contributed by atoms with Crippen LogP contribution in [0.15, 0.2) is 0 Å². The van der Waals surface area contributed by atoms with Crippen LogP contribution in [-0.2, 0) is 18.9 Å². The van der Waals surface area contributed by atoms with Crippen LogP contribution in [0.3, 0.4) is 0 Å². The molecule has 0 saturated heterocycles. The maximum atomic E-state index is 10.4. The van der Waals surface area contributed by atoms with Crippen molar-refractivity contribution in [3.05, 3.63) is 0 Å². The number of rotatable bonds is 6. The van der Waals surface area contributed by atoms with E-state index in [-0.39, 0.29) is 0 Å². The predicted octanol–water partition coefficient (Wildman–Crippen LogP) is 0.461. The lowest BCUT2D eigenvalue weighted by Gasteiger charge is -2.27. The molecule has 108 valence electrons. The molecule has 0 amide bonds. The molecule has 0 unspecified atom stereocenters. The Balaban J connectivity index is 5.04. The van der Waals surface area contributed by atoms with Crippen LogP contribution in [0.2, 0.25) is 0 Å². The fraction of sp³-hybridized carbons (Fsp3) is 0.429. The zero-order valence-electron chi connectivity index (χ0n) is 8.97. The summed E-state index contributed by atoms with van der Waals surface area (Å²) in [6.07, 6.45) is -7.93.